The summed E-state index contributed by atoms with van der Waals surface area (Å²) < 4.78 is 81.1. The summed E-state index contributed by atoms with van der Waals surface area (Å²) in [4.78, 5) is 21.0. The van der Waals surface area contributed by atoms with E-state index in [1.54, 1.807) is 24.3 Å². The minimum atomic E-state index is -4.90. The van der Waals surface area contributed by atoms with Gasteiger partial charge in [-0.15, -0.1) is 0 Å². The van der Waals surface area contributed by atoms with E-state index in [2.05, 4.69) is 20.6 Å². The summed E-state index contributed by atoms with van der Waals surface area (Å²) in [7, 11) is 0. The number of urea groups is 1. The lowest BCUT2D eigenvalue weighted by atomic mass is 10.2. The van der Waals surface area contributed by atoms with Gasteiger partial charge in [0.1, 0.15) is 24.5 Å². The van der Waals surface area contributed by atoms with E-state index in [1.165, 1.54) is 18.5 Å². The molecule has 0 spiro atoms. The summed E-state index contributed by atoms with van der Waals surface area (Å²) in [6.45, 7) is 6.69. The largest absolute Gasteiger partial charge is 0.490 e. The summed E-state index contributed by atoms with van der Waals surface area (Å²) in [5, 5.41) is 5.32. The number of hydrogen-bond donors (Lipinski definition) is 2. The molecule has 1 heterocycles. The maximum Gasteiger partial charge on any atom is 0.419 e. The maximum atomic E-state index is 13.5. The molecular formula is C31H32F4N4O6. The molecule has 1 aromatic heterocycles. The summed E-state index contributed by atoms with van der Waals surface area (Å²) in [5.74, 6) is 0.158. The average Bonchev–Trinajstić information content (AvgIpc) is 3.01. The van der Waals surface area contributed by atoms with E-state index in [9.17, 15) is 22.4 Å². The van der Waals surface area contributed by atoms with E-state index in [0.717, 1.165) is 6.07 Å². The Hall–Kier alpha value is -4.69. The summed E-state index contributed by atoms with van der Waals surface area (Å²) in [6, 6.07) is 11.0. The Morgan fingerprint density at radius 1 is 0.800 bits per heavy atom. The van der Waals surface area contributed by atoms with Crippen molar-refractivity contribution in [3.63, 3.8) is 0 Å². The zero-order valence-corrected chi connectivity index (χ0v) is 24.6. The number of amides is 2. The Bertz CT molecular complexity index is 1570. The van der Waals surface area contributed by atoms with Crippen LogP contribution >= 0.6 is 0 Å². The third-order valence-corrected chi connectivity index (χ3v) is 6.10. The quantitative estimate of drug-likeness (QED) is 0.103. The molecule has 0 aliphatic heterocycles. The molecule has 4 rings (SSSR count). The van der Waals surface area contributed by atoms with E-state index < -0.39 is 23.6 Å². The summed E-state index contributed by atoms with van der Waals surface area (Å²) >= 11 is 0. The number of carbonyl (C=O) groups is 1. The Morgan fingerprint density at radius 3 is 2.20 bits per heavy atom. The first-order valence-electron chi connectivity index (χ1n) is 14.1. The maximum absolute atomic E-state index is 13.5. The minimum Gasteiger partial charge on any atom is -0.490 e. The van der Waals surface area contributed by atoms with Crippen molar-refractivity contribution in [3.8, 4) is 23.1 Å². The van der Waals surface area contributed by atoms with E-state index in [1.807, 2.05) is 13.8 Å². The van der Waals surface area contributed by atoms with E-state index in [-0.39, 0.29) is 11.6 Å². The highest BCUT2D eigenvalue weighted by Crippen LogP contribution is 2.37. The molecule has 0 bridgehead atoms. The molecule has 10 nitrogen and oxygen atoms in total. The first-order chi connectivity index (χ1) is 21.7. The van der Waals surface area contributed by atoms with Crippen molar-refractivity contribution in [2.45, 2.75) is 26.4 Å². The van der Waals surface area contributed by atoms with Gasteiger partial charge in [-0.3, -0.25) is 0 Å². The molecule has 0 aliphatic carbocycles. The van der Waals surface area contributed by atoms with Gasteiger partial charge < -0.3 is 34.3 Å². The highest BCUT2D eigenvalue weighted by Gasteiger charge is 2.34. The van der Waals surface area contributed by atoms with Crippen LogP contribution in [-0.2, 0) is 15.7 Å². The Kier molecular flexibility index (Phi) is 11.7. The van der Waals surface area contributed by atoms with Gasteiger partial charge in [-0.25, -0.2) is 19.2 Å². The van der Waals surface area contributed by atoms with Crippen LogP contribution in [0.15, 0.2) is 60.9 Å². The fourth-order valence-electron chi connectivity index (χ4n) is 4.02. The minimum absolute atomic E-state index is 0.225. The van der Waals surface area contributed by atoms with Gasteiger partial charge >= 0.3 is 12.2 Å². The van der Waals surface area contributed by atoms with Crippen LogP contribution in [0.1, 0.15) is 25.8 Å². The second kappa shape index (κ2) is 15.9. The predicted octanol–water partition coefficient (Wildman–Crippen LogP) is 7.44. The number of carbonyl (C=O) groups excluding carboxylic acids is 1. The molecule has 0 atom stereocenters. The molecule has 0 saturated heterocycles. The fourth-order valence-corrected chi connectivity index (χ4v) is 4.02. The van der Waals surface area contributed by atoms with Gasteiger partial charge in [-0.1, -0.05) is 0 Å². The third-order valence-electron chi connectivity index (χ3n) is 6.10. The molecule has 0 radical (unpaired) electrons. The molecule has 2 N–H and O–H groups in total. The topological polar surface area (TPSA) is 113 Å². The first-order valence-corrected chi connectivity index (χ1v) is 14.1. The fraction of sp³-hybridized carbons (Fsp3) is 0.323. The van der Waals surface area contributed by atoms with Crippen molar-refractivity contribution < 1.29 is 46.0 Å². The number of ether oxygens (including phenoxy) is 5. The van der Waals surface area contributed by atoms with Gasteiger partial charge in [0.05, 0.1) is 29.7 Å². The number of nitrogens with zero attached hydrogens (tertiary/aromatic N) is 2. The van der Waals surface area contributed by atoms with Crippen molar-refractivity contribution in [2.24, 2.45) is 0 Å². The number of alkyl halides is 3. The Morgan fingerprint density at radius 2 is 1.47 bits per heavy atom. The normalized spacial score (nSPS) is 11.3. The lowest BCUT2D eigenvalue weighted by molar-refractivity contribution is -0.139. The molecule has 0 aliphatic rings. The average molecular weight is 633 g/mol. The monoisotopic (exact) mass is 632 g/mol. The lowest BCUT2D eigenvalue weighted by Crippen LogP contribution is -2.20. The molecule has 4 aromatic rings. The number of rotatable bonds is 15. The highest BCUT2D eigenvalue weighted by atomic mass is 19.4. The van der Waals surface area contributed by atoms with Gasteiger partial charge in [0.15, 0.2) is 11.5 Å². The standard InChI is InChI=1S/C31H32F4N4O6/c1-3-41-12-5-13-43-27-17-23-26(18-28(27)44-15-14-42-4-2)36-19-37-29(23)45-22-9-6-20(7-10-22)38-30(40)39-21-8-11-25(32)24(16-21)31(33,34)35/h6-11,16-19H,3-5,12-15H2,1-2H3,(H2,38,39,40). The van der Waals surface area contributed by atoms with Gasteiger partial charge in [0.25, 0.3) is 0 Å². The van der Waals surface area contributed by atoms with Gasteiger partial charge in [-0.05, 0) is 62.4 Å². The molecule has 0 unspecified atom stereocenters. The van der Waals surface area contributed by atoms with Gasteiger partial charge in [0.2, 0.25) is 5.88 Å². The Labute approximate surface area is 256 Å². The van der Waals surface area contributed by atoms with Crippen molar-refractivity contribution in [3.05, 3.63) is 72.3 Å². The van der Waals surface area contributed by atoms with Crippen molar-refractivity contribution >= 4 is 28.3 Å². The van der Waals surface area contributed by atoms with E-state index in [0.29, 0.717) is 92.0 Å². The number of benzene rings is 3. The Balaban J connectivity index is 1.45. The van der Waals surface area contributed by atoms with E-state index >= 15 is 0 Å². The molecule has 240 valence electrons. The lowest BCUT2D eigenvalue weighted by Gasteiger charge is -2.15. The van der Waals surface area contributed by atoms with Crippen LogP contribution in [0.2, 0.25) is 0 Å². The molecular weight excluding hydrogens is 600 g/mol. The number of anilines is 2. The van der Waals surface area contributed by atoms with Gasteiger partial charge in [0, 0.05) is 43.7 Å². The zero-order chi connectivity index (χ0) is 32.2. The van der Waals surface area contributed by atoms with Crippen molar-refractivity contribution in [1.82, 2.24) is 9.97 Å². The molecule has 45 heavy (non-hydrogen) atoms. The molecule has 2 amide bonds. The summed E-state index contributed by atoms with van der Waals surface area (Å²) in [6.07, 6.45) is -2.87. The SMILES string of the molecule is CCOCCCOc1cc2c(Oc3ccc(NC(=O)Nc4ccc(F)c(C(F)(F)F)c4)cc3)ncnc2cc1OCCOCC. The van der Waals surface area contributed by atoms with Crippen LogP contribution in [0.25, 0.3) is 10.9 Å². The smallest absolute Gasteiger partial charge is 0.419 e. The van der Waals surface area contributed by atoms with Crippen LogP contribution in [0.3, 0.4) is 0 Å². The number of fused-ring (bicyclic) bond motifs is 1. The third kappa shape index (κ3) is 9.65. The van der Waals surface area contributed by atoms with Crippen LogP contribution in [0.4, 0.5) is 33.7 Å². The molecule has 3 aromatic carbocycles. The van der Waals surface area contributed by atoms with Crippen molar-refractivity contribution in [1.29, 1.82) is 0 Å². The zero-order valence-electron chi connectivity index (χ0n) is 24.6. The summed E-state index contributed by atoms with van der Waals surface area (Å²) in [5.41, 5.74) is -0.832. The van der Waals surface area contributed by atoms with Gasteiger partial charge in [-0.2, -0.15) is 13.2 Å². The molecule has 0 fully saturated rings. The predicted molar refractivity (Wildman–Crippen MR) is 159 cm³/mol. The van der Waals surface area contributed by atoms with Crippen LogP contribution in [0, 0.1) is 5.82 Å². The first kappa shape index (κ1) is 33.2. The number of aromatic nitrogens is 2. The van der Waals surface area contributed by atoms with Crippen LogP contribution in [-0.4, -0.2) is 55.6 Å². The second-order valence-electron chi connectivity index (χ2n) is 9.34. The number of nitrogens with one attached hydrogen (secondary N) is 2. The second-order valence-corrected chi connectivity index (χ2v) is 9.34. The number of halogens is 4. The highest BCUT2D eigenvalue weighted by molar-refractivity contribution is 5.99. The molecule has 0 saturated carbocycles. The number of hydrogen-bond acceptors (Lipinski definition) is 8. The van der Waals surface area contributed by atoms with Crippen LogP contribution in [0.5, 0.6) is 23.1 Å². The van der Waals surface area contributed by atoms with Crippen LogP contribution < -0.4 is 24.8 Å². The molecule has 14 heteroatoms. The van der Waals surface area contributed by atoms with Crippen molar-refractivity contribution in [2.75, 3.05) is 50.3 Å². The van der Waals surface area contributed by atoms with E-state index in [4.69, 9.17) is 23.7 Å².